The number of carbonyl (C=O) groups excluding carboxylic acids is 1. The molecule has 1 amide bonds. The van der Waals surface area contributed by atoms with Crippen molar-refractivity contribution in [3.8, 4) is 0 Å². The summed E-state index contributed by atoms with van der Waals surface area (Å²) >= 11 is 0. The van der Waals surface area contributed by atoms with Gasteiger partial charge in [-0.15, -0.1) is 0 Å². The topological polar surface area (TPSA) is 69.6 Å². The number of nitrogens with one attached hydrogen (secondary N) is 1. The van der Waals surface area contributed by atoms with Crippen molar-refractivity contribution in [3.63, 3.8) is 0 Å². The molecule has 308 valence electrons. The van der Waals surface area contributed by atoms with E-state index in [1.165, 1.54) is 212 Å². The quantitative estimate of drug-likeness (QED) is 0.0432. The van der Waals surface area contributed by atoms with Crippen LogP contribution in [-0.2, 0) is 4.79 Å². The van der Waals surface area contributed by atoms with Crippen LogP contribution in [0.3, 0.4) is 0 Å². The molecule has 0 fully saturated rings. The van der Waals surface area contributed by atoms with Crippen molar-refractivity contribution in [1.29, 1.82) is 0 Å². The van der Waals surface area contributed by atoms with Gasteiger partial charge in [0.2, 0.25) is 5.91 Å². The molecule has 0 rings (SSSR count). The van der Waals surface area contributed by atoms with E-state index >= 15 is 0 Å². The first-order chi connectivity index (χ1) is 25.7. The maximum atomic E-state index is 12.3. The molecule has 0 spiro atoms. The van der Waals surface area contributed by atoms with E-state index < -0.39 is 12.1 Å². The molecule has 0 aromatic rings. The van der Waals surface area contributed by atoms with Crippen LogP contribution in [0.1, 0.15) is 258 Å². The van der Waals surface area contributed by atoms with Crippen LogP contribution in [0.4, 0.5) is 0 Å². The second-order valence-corrected chi connectivity index (χ2v) is 16.2. The zero-order valence-electron chi connectivity index (χ0n) is 35.3. The fourth-order valence-electron chi connectivity index (χ4n) is 7.29. The van der Waals surface area contributed by atoms with Crippen molar-refractivity contribution in [1.82, 2.24) is 5.32 Å². The first-order valence-corrected chi connectivity index (χ1v) is 23.6. The number of rotatable bonds is 43. The highest BCUT2D eigenvalue weighted by Crippen LogP contribution is 2.16. The largest absolute Gasteiger partial charge is 0.394 e. The van der Waals surface area contributed by atoms with E-state index in [0.29, 0.717) is 6.42 Å². The molecule has 0 saturated heterocycles. The Morgan fingerprint density at radius 3 is 1.10 bits per heavy atom. The predicted octanol–water partition coefficient (Wildman–Crippen LogP) is 14.8. The molecule has 0 aliphatic rings. The predicted molar refractivity (Wildman–Crippen MR) is 230 cm³/mol. The third-order valence-corrected chi connectivity index (χ3v) is 10.9. The Morgan fingerprint density at radius 1 is 0.442 bits per heavy atom. The summed E-state index contributed by atoms with van der Waals surface area (Å²) in [5.41, 5.74) is 0. The smallest absolute Gasteiger partial charge is 0.220 e. The molecule has 2 unspecified atom stereocenters. The SMILES string of the molecule is CCCCC/C=C/C(O)C(CO)NC(=O)CCCCCCCCCCCCCCCCCCCCCCCCC/C=C\CCCCCCCCCC. The zero-order valence-corrected chi connectivity index (χ0v) is 35.3. The van der Waals surface area contributed by atoms with E-state index in [9.17, 15) is 15.0 Å². The standard InChI is InChI=1S/C48H93NO3/c1-3-5-7-9-10-11-12-13-14-15-16-17-18-19-20-21-22-23-24-25-26-27-28-29-30-31-32-33-34-35-36-37-38-40-42-44-48(52)49-46(45-50)47(51)43-41-39-8-6-4-2/h15-16,41,43,46-47,50-51H,3-14,17-40,42,44-45H2,1-2H3,(H,49,52)/b16-15-,43-41+. The lowest BCUT2D eigenvalue weighted by Crippen LogP contribution is -2.45. The lowest BCUT2D eigenvalue weighted by Gasteiger charge is -2.20. The molecule has 0 heterocycles. The highest BCUT2D eigenvalue weighted by molar-refractivity contribution is 5.76. The fraction of sp³-hybridized carbons (Fsp3) is 0.896. The number of unbranched alkanes of at least 4 members (excludes halogenated alkanes) is 34. The average Bonchev–Trinajstić information content (AvgIpc) is 3.15. The van der Waals surface area contributed by atoms with Crippen LogP contribution in [0.25, 0.3) is 0 Å². The molecule has 0 bridgehead atoms. The molecule has 0 radical (unpaired) electrons. The van der Waals surface area contributed by atoms with Crippen LogP contribution in [0, 0.1) is 0 Å². The number of hydrogen-bond acceptors (Lipinski definition) is 3. The number of carbonyl (C=O) groups is 1. The third kappa shape index (κ3) is 40.1. The number of aliphatic hydroxyl groups is 2. The second-order valence-electron chi connectivity index (χ2n) is 16.2. The van der Waals surface area contributed by atoms with Crippen molar-refractivity contribution in [2.45, 2.75) is 270 Å². The van der Waals surface area contributed by atoms with Crippen molar-refractivity contribution in [2.75, 3.05) is 6.61 Å². The van der Waals surface area contributed by atoms with E-state index in [1.54, 1.807) is 6.08 Å². The molecule has 0 aromatic heterocycles. The molecule has 4 nitrogen and oxygen atoms in total. The van der Waals surface area contributed by atoms with Gasteiger partial charge in [-0.2, -0.15) is 0 Å². The zero-order chi connectivity index (χ0) is 37.8. The summed E-state index contributed by atoms with van der Waals surface area (Å²) in [7, 11) is 0. The summed E-state index contributed by atoms with van der Waals surface area (Å²) in [6.07, 6.45) is 57.9. The Labute approximate surface area is 326 Å². The van der Waals surface area contributed by atoms with Crippen LogP contribution in [0.5, 0.6) is 0 Å². The van der Waals surface area contributed by atoms with Crippen molar-refractivity contribution in [2.24, 2.45) is 0 Å². The van der Waals surface area contributed by atoms with Gasteiger partial charge in [-0.3, -0.25) is 4.79 Å². The summed E-state index contributed by atoms with van der Waals surface area (Å²) in [5, 5.41) is 22.6. The average molecular weight is 732 g/mol. The van der Waals surface area contributed by atoms with Crippen molar-refractivity contribution in [3.05, 3.63) is 24.3 Å². The van der Waals surface area contributed by atoms with Crippen molar-refractivity contribution >= 4 is 5.91 Å². The summed E-state index contributed by atoms with van der Waals surface area (Å²) in [4.78, 5) is 12.3. The molecule has 52 heavy (non-hydrogen) atoms. The van der Waals surface area contributed by atoms with Gasteiger partial charge in [-0.25, -0.2) is 0 Å². The van der Waals surface area contributed by atoms with Gasteiger partial charge in [-0.05, 0) is 44.9 Å². The van der Waals surface area contributed by atoms with Crippen LogP contribution >= 0.6 is 0 Å². The Bertz CT molecular complexity index is 750. The minimum Gasteiger partial charge on any atom is -0.394 e. The van der Waals surface area contributed by atoms with E-state index in [0.717, 1.165) is 25.7 Å². The Hall–Kier alpha value is -1.13. The van der Waals surface area contributed by atoms with Gasteiger partial charge in [-0.1, -0.05) is 231 Å². The van der Waals surface area contributed by atoms with Crippen LogP contribution in [-0.4, -0.2) is 34.9 Å². The molecule has 0 saturated carbocycles. The van der Waals surface area contributed by atoms with E-state index in [1.807, 2.05) is 6.08 Å². The van der Waals surface area contributed by atoms with Crippen LogP contribution in [0.15, 0.2) is 24.3 Å². The number of amides is 1. The van der Waals surface area contributed by atoms with Crippen LogP contribution in [0.2, 0.25) is 0 Å². The molecular weight excluding hydrogens is 639 g/mol. The molecule has 4 heteroatoms. The lowest BCUT2D eigenvalue weighted by molar-refractivity contribution is -0.123. The van der Waals surface area contributed by atoms with E-state index in [4.69, 9.17) is 0 Å². The van der Waals surface area contributed by atoms with Gasteiger partial charge < -0.3 is 15.5 Å². The van der Waals surface area contributed by atoms with Crippen LogP contribution < -0.4 is 5.32 Å². The normalized spacial score (nSPS) is 13.1. The van der Waals surface area contributed by atoms with Gasteiger partial charge in [0.1, 0.15) is 0 Å². The third-order valence-electron chi connectivity index (χ3n) is 10.9. The molecule has 2 atom stereocenters. The minimum absolute atomic E-state index is 0.0675. The van der Waals surface area contributed by atoms with Gasteiger partial charge in [0.15, 0.2) is 0 Å². The Morgan fingerprint density at radius 2 is 0.731 bits per heavy atom. The lowest BCUT2D eigenvalue weighted by atomic mass is 10.0. The van der Waals surface area contributed by atoms with Gasteiger partial charge >= 0.3 is 0 Å². The van der Waals surface area contributed by atoms with Gasteiger partial charge in [0.25, 0.3) is 0 Å². The highest BCUT2D eigenvalue weighted by atomic mass is 16.3. The Kier molecular flexibility index (Phi) is 43.3. The van der Waals surface area contributed by atoms with E-state index in [2.05, 4.69) is 31.3 Å². The summed E-state index contributed by atoms with van der Waals surface area (Å²) in [6.45, 7) is 4.22. The Balaban J connectivity index is 3.30. The minimum atomic E-state index is -0.831. The number of allylic oxidation sites excluding steroid dienone is 3. The summed E-state index contributed by atoms with van der Waals surface area (Å²) in [6, 6.07) is -0.614. The van der Waals surface area contributed by atoms with E-state index in [-0.39, 0.29) is 12.5 Å². The fourth-order valence-corrected chi connectivity index (χ4v) is 7.29. The van der Waals surface area contributed by atoms with Gasteiger partial charge in [0, 0.05) is 6.42 Å². The monoisotopic (exact) mass is 732 g/mol. The molecular formula is C48H93NO3. The summed E-state index contributed by atoms with van der Waals surface area (Å²) in [5.74, 6) is -0.0675. The highest BCUT2D eigenvalue weighted by Gasteiger charge is 2.17. The maximum absolute atomic E-state index is 12.3. The maximum Gasteiger partial charge on any atom is 0.220 e. The second kappa shape index (κ2) is 44.3. The first kappa shape index (κ1) is 50.9. The van der Waals surface area contributed by atoms with Gasteiger partial charge in [0.05, 0.1) is 18.8 Å². The molecule has 0 aliphatic heterocycles. The van der Waals surface area contributed by atoms with Crippen molar-refractivity contribution < 1.29 is 15.0 Å². The first-order valence-electron chi connectivity index (χ1n) is 23.6. The number of aliphatic hydroxyl groups excluding tert-OH is 2. The molecule has 3 N–H and O–H groups in total. The number of hydrogen-bond donors (Lipinski definition) is 3. The summed E-state index contributed by atoms with van der Waals surface area (Å²) < 4.78 is 0. The molecule has 0 aromatic carbocycles. The molecule has 0 aliphatic carbocycles.